The van der Waals surface area contributed by atoms with Crippen LogP contribution >= 0.6 is 0 Å². The Morgan fingerprint density at radius 2 is 2.00 bits per heavy atom. The molecule has 4 rings (SSSR count). The van der Waals surface area contributed by atoms with E-state index in [1.807, 2.05) is 0 Å². The van der Waals surface area contributed by atoms with Crippen molar-refractivity contribution < 1.29 is 18.7 Å². The molecule has 0 unspecified atom stereocenters. The fourth-order valence-electron chi connectivity index (χ4n) is 3.24. The van der Waals surface area contributed by atoms with Crippen LogP contribution in [0.3, 0.4) is 0 Å². The van der Waals surface area contributed by atoms with E-state index >= 15 is 0 Å². The predicted molar refractivity (Wildman–Crippen MR) is 107 cm³/mol. The molecule has 0 saturated heterocycles. The molecule has 2 heterocycles. The summed E-state index contributed by atoms with van der Waals surface area (Å²) in [4.78, 5) is 26.1. The second-order valence-electron chi connectivity index (χ2n) is 6.85. The zero-order valence-corrected chi connectivity index (χ0v) is 16.2. The minimum atomic E-state index is -0.415. The van der Waals surface area contributed by atoms with Crippen LogP contribution in [0.15, 0.2) is 42.5 Å². The van der Waals surface area contributed by atoms with Gasteiger partial charge < -0.3 is 15.0 Å². The zero-order valence-electron chi connectivity index (χ0n) is 16.2. The number of aromatic nitrogens is 2. The van der Waals surface area contributed by atoms with Crippen LogP contribution in [0.2, 0.25) is 0 Å². The van der Waals surface area contributed by atoms with Crippen molar-refractivity contribution >= 4 is 23.2 Å². The first-order valence-corrected chi connectivity index (χ1v) is 8.99. The number of hydrogen-bond acceptors (Lipinski definition) is 4. The minimum absolute atomic E-state index is 0.0892. The van der Waals surface area contributed by atoms with Crippen LogP contribution in [0.5, 0.6) is 5.75 Å². The van der Waals surface area contributed by atoms with Crippen LogP contribution in [0, 0.1) is 12.7 Å². The van der Waals surface area contributed by atoms with Gasteiger partial charge >= 0.3 is 0 Å². The maximum atomic E-state index is 13.6. The second kappa shape index (κ2) is 7.05. The summed E-state index contributed by atoms with van der Waals surface area (Å²) >= 11 is 0. The lowest BCUT2D eigenvalue weighted by Crippen LogP contribution is -2.35. The number of benzene rings is 2. The molecule has 1 N–H and O–H groups in total. The number of halogens is 1. The first-order chi connectivity index (χ1) is 13.8. The van der Waals surface area contributed by atoms with Crippen molar-refractivity contribution in [3.05, 3.63) is 59.5 Å². The second-order valence-corrected chi connectivity index (χ2v) is 6.85. The Kier molecular flexibility index (Phi) is 4.54. The highest BCUT2D eigenvalue weighted by molar-refractivity contribution is 6.06. The van der Waals surface area contributed by atoms with Gasteiger partial charge in [0.25, 0.3) is 11.8 Å². The molecule has 148 valence electrons. The number of rotatable bonds is 3. The smallest absolute Gasteiger partial charge is 0.276 e. The fraction of sp³-hybridized carbons (Fsp3) is 0.190. The predicted octanol–water partition coefficient (Wildman–Crippen LogP) is 3.14. The van der Waals surface area contributed by atoms with E-state index in [1.54, 1.807) is 62.1 Å². The maximum Gasteiger partial charge on any atom is 0.276 e. The Labute approximate surface area is 166 Å². The standard InChI is InChI=1S/C21H19FN4O3/c1-12-9-13(7-8-14(12)22)18-10-16(24-26(18)3)21(28)23-15-5-4-6-17-20(15)29-11-19(27)25(17)2/h4-10H,11H2,1-3H3,(H,23,28). The summed E-state index contributed by atoms with van der Waals surface area (Å²) in [5.41, 5.74) is 3.22. The van der Waals surface area contributed by atoms with Crippen LogP contribution in [0.4, 0.5) is 15.8 Å². The van der Waals surface area contributed by atoms with E-state index in [1.165, 1.54) is 11.0 Å². The molecule has 1 aromatic heterocycles. The van der Waals surface area contributed by atoms with Gasteiger partial charge in [0.05, 0.1) is 17.1 Å². The SMILES string of the molecule is Cc1cc(-c2cc(C(=O)Nc3cccc4c3OCC(=O)N4C)nn2C)ccc1F. The summed E-state index contributed by atoms with van der Waals surface area (Å²) in [5, 5.41) is 7.08. The summed E-state index contributed by atoms with van der Waals surface area (Å²) in [5.74, 6) is -0.424. The summed E-state index contributed by atoms with van der Waals surface area (Å²) in [6.45, 7) is 1.59. The molecule has 0 fully saturated rings. The molecule has 0 saturated carbocycles. The Morgan fingerprint density at radius 1 is 1.21 bits per heavy atom. The van der Waals surface area contributed by atoms with Crippen molar-refractivity contribution in [1.29, 1.82) is 0 Å². The van der Waals surface area contributed by atoms with Gasteiger partial charge in [-0.05, 0) is 48.9 Å². The quantitative estimate of drug-likeness (QED) is 0.741. The molecule has 8 heteroatoms. The highest BCUT2D eigenvalue weighted by atomic mass is 19.1. The van der Waals surface area contributed by atoms with Crippen molar-refractivity contribution in [2.75, 3.05) is 23.9 Å². The van der Waals surface area contributed by atoms with Crippen LogP contribution in [0.25, 0.3) is 11.3 Å². The number of aryl methyl sites for hydroxylation is 2. The van der Waals surface area contributed by atoms with Crippen molar-refractivity contribution in [1.82, 2.24) is 9.78 Å². The monoisotopic (exact) mass is 394 g/mol. The summed E-state index contributed by atoms with van der Waals surface area (Å²) in [6.07, 6.45) is 0. The van der Waals surface area contributed by atoms with Gasteiger partial charge in [0.15, 0.2) is 18.1 Å². The third-order valence-corrected chi connectivity index (χ3v) is 4.88. The molecular weight excluding hydrogens is 375 g/mol. The third-order valence-electron chi connectivity index (χ3n) is 4.88. The van der Waals surface area contributed by atoms with E-state index in [4.69, 9.17) is 4.74 Å². The summed E-state index contributed by atoms with van der Waals surface area (Å²) < 4.78 is 20.7. The van der Waals surface area contributed by atoms with Crippen LogP contribution in [-0.4, -0.2) is 35.2 Å². The van der Waals surface area contributed by atoms with Gasteiger partial charge in [0.1, 0.15) is 5.82 Å². The molecule has 1 aliphatic heterocycles. The van der Waals surface area contributed by atoms with E-state index in [-0.39, 0.29) is 24.0 Å². The van der Waals surface area contributed by atoms with Crippen molar-refractivity contribution in [3.63, 3.8) is 0 Å². The number of nitrogens with zero attached hydrogens (tertiary/aromatic N) is 3. The van der Waals surface area contributed by atoms with Gasteiger partial charge in [-0.1, -0.05) is 6.07 Å². The average Bonchev–Trinajstić information content (AvgIpc) is 3.09. The zero-order chi connectivity index (χ0) is 20.7. The van der Waals surface area contributed by atoms with Crippen LogP contribution < -0.4 is 15.0 Å². The van der Waals surface area contributed by atoms with E-state index < -0.39 is 5.91 Å². The molecule has 3 aromatic rings. The van der Waals surface area contributed by atoms with Crippen molar-refractivity contribution in [3.8, 4) is 17.0 Å². The molecule has 1 aliphatic rings. The van der Waals surface area contributed by atoms with Crippen molar-refractivity contribution in [2.24, 2.45) is 7.05 Å². The van der Waals surface area contributed by atoms with Gasteiger partial charge in [-0.2, -0.15) is 5.10 Å². The molecule has 0 radical (unpaired) electrons. The number of hydrogen-bond donors (Lipinski definition) is 1. The van der Waals surface area contributed by atoms with Crippen LogP contribution in [0.1, 0.15) is 16.1 Å². The Hall–Kier alpha value is -3.68. The van der Waals surface area contributed by atoms with Gasteiger partial charge in [-0.3, -0.25) is 14.3 Å². The molecule has 7 nitrogen and oxygen atoms in total. The molecule has 0 aliphatic carbocycles. The fourth-order valence-corrected chi connectivity index (χ4v) is 3.24. The Bertz CT molecular complexity index is 1140. The number of carbonyl (C=O) groups is 2. The number of para-hydroxylation sites is 1. The number of fused-ring (bicyclic) bond motifs is 1. The molecule has 29 heavy (non-hydrogen) atoms. The number of nitrogens with one attached hydrogen (secondary N) is 1. The third kappa shape index (κ3) is 3.33. The largest absolute Gasteiger partial charge is 0.479 e. The van der Waals surface area contributed by atoms with E-state index in [0.29, 0.717) is 28.4 Å². The molecule has 0 spiro atoms. The highest BCUT2D eigenvalue weighted by Crippen LogP contribution is 2.38. The molecule has 0 atom stereocenters. The minimum Gasteiger partial charge on any atom is -0.479 e. The van der Waals surface area contributed by atoms with Gasteiger partial charge in [-0.25, -0.2) is 4.39 Å². The normalized spacial score (nSPS) is 13.1. The number of anilines is 2. The molecular formula is C21H19FN4O3. The molecule has 2 amide bonds. The lowest BCUT2D eigenvalue weighted by molar-refractivity contribution is -0.120. The molecule has 0 bridgehead atoms. The Morgan fingerprint density at radius 3 is 2.76 bits per heavy atom. The molecule has 2 aromatic carbocycles. The van der Waals surface area contributed by atoms with E-state index in [2.05, 4.69) is 10.4 Å². The topological polar surface area (TPSA) is 76.5 Å². The number of amides is 2. The maximum absolute atomic E-state index is 13.6. The van der Waals surface area contributed by atoms with Crippen LogP contribution in [-0.2, 0) is 11.8 Å². The van der Waals surface area contributed by atoms with Gasteiger partial charge in [0, 0.05) is 19.7 Å². The van der Waals surface area contributed by atoms with E-state index in [9.17, 15) is 14.0 Å². The van der Waals surface area contributed by atoms with Gasteiger partial charge in [-0.15, -0.1) is 0 Å². The number of likely N-dealkylation sites (N-methyl/N-ethyl adjacent to an activating group) is 1. The highest BCUT2D eigenvalue weighted by Gasteiger charge is 2.25. The number of carbonyl (C=O) groups excluding carboxylic acids is 2. The first kappa shape index (κ1) is 18.7. The average molecular weight is 394 g/mol. The van der Waals surface area contributed by atoms with Crippen molar-refractivity contribution in [2.45, 2.75) is 6.92 Å². The first-order valence-electron chi connectivity index (χ1n) is 8.99. The van der Waals surface area contributed by atoms with Gasteiger partial charge in [0.2, 0.25) is 0 Å². The Balaban J connectivity index is 1.62. The lowest BCUT2D eigenvalue weighted by Gasteiger charge is -2.27. The summed E-state index contributed by atoms with van der Waals surface area (Å²) in [7, 11) is 3.38. The number of ether oxygens (including phenoxy) is 1. The lowest BCUT2D eigenvalue weighted by atomic mass is 10.1. The summed E-state index contributed by atoms with van der Waals surface area (Å²) in [6, 6.07) is 11.6. The van der Waals surface area contributed by atoms with E-state index in [0.717, 1.165) is 5.56 Å².